The van der Waals surface area contributed by atoms with Crippen molar-refractivity contribution < 1.29 is 19.5 Å². The summed E-state index contributed by atoms with van der Waals surface area (Å²) in [7, 11) is 0. The fourth-order valence-corrected chi connectivity index (χ4v) is 4.63. The van der Waals surface area contributed by atoms with Gasteiger partial charge in [-0.2, -0.15) is 0 Å². The van der Waals surface area contributed by atoms with Crippen LogP contribution in [0.15, 0.2) is 5.38 Å². The van der Waals surface area contributed by atoms with Gasteiger partial charge in [0.15, 0.2) is 5.69 Å². The van der Waals surface area contributed by atoms with Crippen LogP contribution in [0.3, 0.4) is 0 Å². The van der Waals surface area contributed by atoms with Gasteiger partial charge in [0.05, 0.1) is 5.01 Å². The number of amides is 2. The van der Waals surface area contributed by atoms with Crippen LogP contribution in [0.2, 0.25) is 0 Å². The van der Waals surface area contributed by atoms with Crippen molar-refractivity contribution in [3.63, 3.8) is 0 Å². The zero-order valence-electron chi connectivity index (χ0n) is 14.8. The fourth-order valence-electron chi connectivity index (χ4n) is 3.86. The first kappa shape index (κ1) is 18.8. The molecule has 0 spiro atoms. The van der Waals surface area contributed by atoms with Gasteiger partial charge in [-0.1, -0.05) is 12.8 Å². The number of carbonyl (C=O) groups excluding carboxylic acids is 2. The molecular formula is C18H25N3O4S. The molecule has 7 nitrogen and oxygen atoms in total. The molecule has 2 heterocycles. The summed E-state index contributed by atoms with van der Waals surface area (Å²) >= 11 is 1.28. The third kappa shape index (κ3) is 4.41. The number of aromatic carboxylic acids is 1. The van der Waals surface area contributed by atoms with Crippen LogP contribution in [-0.2, 0) is 16.0 Å². The molecule has 142 valence electrons. The van der Waals surface area contributed by atoms with Gasteiger partial charge in [0.2, 0.25) is 11.8 Å². The Hall–Kier alpha value is -1.96. The second-order valence-electron chi connectivity index (χ2n) is 7.00. The van der Waals surface area contributed by atoms with Gasteiger partial charge in [0.1, 0.15) is 0 Å². The first-order valence-corrected chi connectivity index (χ1v) is 10.2. The largest absolute Gasteiger partial charge is 0.476 e. The van der Waals surface area contributed by atoms with Crippen molar-refractivity contribution in [2.75, 3.05) is 19.6 Å². The SMILES string of the molecule is O=C(O)c1csc(CCNC(=O)C2CCCCC2C(=O)N2CCCC2)n1. The predicted molar refractivity (Wildman–Crippen MR) is 97.0 cm³/mol. The first-order valence-electron chi connectivity index (χ1n) is 9.30. The smallest absolute Gasteiger partial charge is 0.355 e. The average molecular weight is 379 g/mol. The quantitative estimate of drug-likeness (QED) is 0.787. The van der Waals surface area contributed by atoms with Gasteiger partial charge in [-0.15, -0.1) is 11.3 Å². The minimum atomic E-state index is -1.04. The molecule has 1 saturated heterocycles. The maximum atomic E-state index is 12.8. The van der Waals surface area contributed by atoms with Crippen molar-refractivity contribution in [3.05, 3.63) is 16.1 Å². The van der Waals surface area contributed by atoms with Crippen LogP contribution < -0.4 is 5.32 Å². The normalized spacial score (nSPS) is 23.0. The number of nitrogens with one attached hydrogen (secondary N) is 1. The van der Waals surface area contributed by atoms with E-state index in [9.17, 15) is 14.4 Å². The first-order chi connectivity index (χ1) is 12.6. The minimum Gasteiger partial charge on any atom is -0.476 e. The molecule has 1 aromatic rings. The Bertz CT molecular complexity index is 669. The molecule has 1 saturated carbocycles. The lowest BCUT2D eigenvalue weighted by atomic mass is 9.78. The standard InChI is InChI=1S/C18H25N3O4S/c22-16(19-8-7-15-20-14(11-26-15)18(24)25)12-5-1-2-6-13(12)17(23)21-9-3-4-10-21/h11-13H,1-10H2,(H,19,22)(H,24,25). The Morgan fingerprint density at radius 3 is 2.50 bits per heavy atom. The van der Waals surface area contributed by atoms with Crippen molar-refractivity contribution in [3.8, 4) is 0 Å². The van der Waals surface area contributed by atoms with Crippen molar-refractivity contribution >= 4 is 29.1 Å². The van der Waals surface area contributed by atoms with Crippen LogP contribution in [0.5, 0.6) is 0 Å². The summed E-state index contributed by atoms with van der Waals surface area (Å²) in [5.74, 6) is -1.39. The van der Waals surface area contributed by atoms with Crippen LogP contribution >= 0.6 is 11.3 Å². The van der Waals surface area contributed by atoms with E-state index in [0.717, 1.165) is 51.6 Å². The topological polar surface area (TPSA) is 99.6 Å². The number of thiazole rings is 1. The molecule has 2 atom stereocenters. The summed E-state index contributed by atoms with van der Waals surface area (Å²) < 4.78 is 0. The molecule has 2 aliphatic rings. The van der Waals surface area contributed by atoms with Crippen molar-refractivity contribution in [2.45, 2.75) is 44.9 Å². The molecule has 3 rings (SSSR count). The Morgan fingerprint density at radius 1 is 1.15 bits per heavy atom. The minimum absolute atomic E-state index is 0.0416. The number of hydrogen-bond donors (Lipinski definition) is 2. The van der Waals surface area contributed by atoms with Gasteiger partial charge in [-0.05, 0) is 25.7 Å². The van der Waals surface area contributed by atoms with E-state index in [4.69, 9.17) is 5.11 Å². The van der Waals surface area contributed by atoms with Crippen molar-refractivity contribution in [2.24, 2.45) is 11.8 Å². The maximum absolute atomic E-state index is 12.8. The molecule has 1 aliphatic heterocycles. The monoisotopic (exact) mass is 379 g/mol. The summed E-state index contributed by atoms with van der Waals surface area (Å²) in [6, 6.07) is 0. The van der Waals surface area contributed by atoms with Gasteiger partial charge in [-0.3, -0.25) is 9.59 Å². The highest BCUT2D eigenvalue weighted by Crippen LogP contribution is 2.32. The molecule has 2 fully saturated rings. The third-order valence-electron chi connectivity index (χ3n) is 5.25. The maximum Gasteiger partial charge on any atom is 0.355 e. The molecule has 0 radical (unpaired) electrons. The zero-order chi connectivity index (χ0) is 18.5. The fraction of sp³-hybridized carbons (Fsp3) is 0.667. The highest BCUT2D eigenvalue weighted by molar-refractivity contribution is 7.09. The molecule has 8 heteroatoms. The number of carbonyl (C=O) groups is 3. The van der Waals surface area contributed by atoms with Gasteiger partial charge >= 0.3 is 5.97 Å². The Kier molecular flexibility index (Phi) is 6.24. The molecule has 2 unspecified atom stereocenters. The molecule has 0 aromatic carbocycles. The lowest BCUT2D eigenvalue weighted by molar-refractivity contribution is -0.142. The summed E-state index contributed by atoms with van der Waals surface area (Å²) in [4.78, 5) is 42.2. The zero-order valence-corrected chi connectivity index (χ0v) is 15.6. The van der Waals surface area contributed by atoms with Crippen LogP contribution in [0.25, 0.3) is 0 Å². The number of carboxylic acids is 1. The molecule has 1 aromatic heterocycles. The Balaban J connectivity index is 1.52. The van der Waals surface area contributed by atoms with E-state index in [2.05, 4.69) is 10.3 Å². The molecule has 2 amide bonds. The molecule has 0 bridgehead atoms. The highest BCUT2D eigenvalue weighted by Gasteiger charge is 2.38. The molecule has 1 aliphatic carbocycles. The van der Waals surface area contributed by atoms with Gasteiger partial charge in [-0.25, -0.2) is 9.78 Å². The molecule has 26 heavy (non-hydrogen) atoms. The van der Waals surface area contributed by atoms with Crippen molar-refractivity contribution in [1.29, 1.82) is 0 Å². The van der Waals surface area contributed by atoms with E-state index in [-0.39, 0.29) is 29.3 Å². The van der Waals surface area contributed by atoms with Crippen LogP contribution in [-0.4, -0.2) is 52.4 Å². The van der Waals surface area contributed by atoms with Crippen molar-refractivity contribution in [1.82, 2.24) is 15.2 Å². The van der Waals surface area contributed by atoms with E-state index in [1.54, 1.807) is 0 Å². The van der Waals surface area contributed by atoms with Gasteiger partial charge < -0.3 is 15.3 Å². The molecular weight excluding hydrogens is 354 g/mol. The lowest BCUT2D eigenvalue weighted by Gasteiger charge is -2.32. The molecule has 2 N–H and O–H groups in total. The van der Waals surface area contributed by atoms with E-state index in [1.807, 2.05) is 4.90 Å². The number of carboxylic acid groups (broad SMARTS) is 1. The summed E-state index contributed by atoms with van der Waals surface area (Å²) in [5.41, 5.74) is 0.0416. The number of nitrogens with zero attached hydrogens (tertiary/aromatic N) is 2. The summed E-state index contributed by atoms with van der Waals surface area (Å²) in [6.45, 7) is 2.05. The number of likely N-dealkylation sites (tertiary alicyclic amines) is 1. The van der Waals surface area contributed by atoms with E-state index >= 15 is 0 Å². The van der Waals surface area contributed by atoms with Crippen LogP contribution in [0, 0.1) is 11.8 Å². The average Bonchev–Trinajstić information content (AvgIpc) is 3.33. The number of aromatic nitrogens is 1. The van der Waals surface area contributed by atoms with E-state index < -0.39 is 5.97 Å². The van der Waals surface area contributed by atoms with E-state index in [1.165, 1.54) is 16.7 Å². The third-order valence-corrected chi connectivity index (χ3v) is 6.16. The highest BCUT2D eigenvalue weighted by atomic mass is 32.1. The summed E-state index contributed by atoms with van der Waals surface area (Å²) in [5, 5.41) is 14.0. The number of hydrogen-bond acceptors (Lipinski definition) is 5. The van der Waals surface area contributed by atoms with Crippen LogP contribution in [0.1, 0.15) is 54.0 Å². The number of rotatable bonds is 6. The second kappa shape index (κ2) is 8.62. The van der Waals surface area contributed by atoms with Crippen LogP contribution in [0.4, 0.5) is 0 Å². The van der Waals surface area contributed by atoms with E-state index in [0.29, 0.717) is 18.0 Å². The van der Waals surface area contributed by atoms with Gasteiger partial charge in [0.25, 0.3) is 0 Å². The van der Waals surface area contributed by atoms with Gasteiger partial charge in [0, 0.05) is 43.3 Å². The lowest BCUT2D eigenvalue weighted by Crippen LogP contribution is -2.45. The second-order valence-corrected chi connectivity index (χ2v) is 7.95. The summed E-state index contributed by atoms with van der Waals surface area (Å²) in [6.07, 6.45) is 6.16. The Labute approximate surface area is 156 Å². The predicted octanol–water partition coefficient (Wildman–Crippen LogP) is 1.93. The Morgan fingerprint density at radius 2 is 1.85 bits per heavy atom.